The Kier molecular flexibility index (Phi) is 3.60. The first-order valence-corrected chi connectivity index (χ1v) is 6.80. The Morgan fingerprint density at radius 2 is 1.80 bits per heavy atom. The van der Waals surface area contributed by atoms with Gasteiger partial charge in [0.2, 0.25) is 0 Å². The quantitative estimate of drug-likeness (QED) is 0.910. The molecule has 5 heteroatoms. The average Bonchev–Trinajstić information content (AvgIpc) is 2.50. The van der Waals surface area contributed by atoms with Gasteiger partial charge in [-0.1, -0.05) is 0 Å². The van der Waals surface area contributed by atoms with E-state index in [4.69, 9.17) is 0 Å². The summed E-state index contributed by atoms with van der Waals surface area (Å²) in [6.07, 6.45) is 1.81. The van der Waals surface area contributed by atoms with Crippen LogP contribution < -0.4 is 10.9 Å². The van der Waals surface area contributed by atoms with E-state index in [0.29, 0.717) is 5.69 Å². The number of nitrogens with one attached hydrogen (secondary N) is 1. The highest BCUT2D eigenvalue weighted by atomic mass is 19.1. The molecule has 0 unspecified atom stereocenters. The molecule has 3 rings (SSSR count). The van der Waals surface area contributed by atoms with Crippen LogP contribution in [-0.4, -0.2) is 22.9 Å². The molecule has 0 radical (unpaired) electrons. The van der Waals surface area contributed by atoms with Crippen LogP contribution in [0, 0.1) is 5.82 Å². The number of piperidine rings is 1. The summed E-state index contributed by atoms with van der Waals surface area (Å²) in [5.74, 6) is -0.277. The summed E-state index contributed by atoms with van der Waals surface area (Å²) in [5.41, 5.74) is 1.43. The number of nitrogens with zero attached hydrogens (tertiary/aromatic N) is 2. The van der Waals surface area contributed by atoms with Gasteiger partial charge in [0, 0.05) is 11.6 Å². The number of hydrogen-bond acceptors (Lipinski definition) is 3. The minimum atomic E-state index is -0.277. The molecule has 20 heavy (non-hydrogen) atoms. The predicted octanol–water partition coefficient (Wildman–Crippen LogP) is 1.97. The Hall–Kier alpha value is -2.01. The van der Waals surface area contributed by atoms with Crippen LogP contribution in [0.3, 0.4) is 0 Å². The van der Waals surface area contributed by atoms with E-state index in [1.54, 1.807) is 22.9 Å². The van der Waals surface area contributed by atoms with Crippen LogP contribution >= 0.6 is 0 Å². The van der Waals surface area contributed by atoms with Gasteiger partial charge in [0.25, 0.3) is 5.56 Å². The lowest BCUT2D eigenvalue weighted by atomic mass is 10.1. The first kappa shape index (κ1) is 13.0. The van der Waals surface area contributed by atoms with Crippen molar-refractivity contribution in [3.63, 3.8) is 0 Å². The van der Waals surface area contributed by atoms with E-state index in [1.807, 2.05) is 0 Å². The molecular weight excluding hydrogens is 257 g/mol. The van der Waals surface area contributed by atoms with E-state index in [-0.39, 0.29) is 17.4 Å². The van der Waals surface area contributed by atoms with Crippen molar-refractivity contribution in [3.8, 4) is 11.3 Å². The molecule has 1 N–H and O–H groups in total. The number of benzene rings is 1. The van der Waals surface area contributed by atoms with Crippen molar-refractivity contribution in [3.05, 3.63) is 52.6 Å². The molecule has 0 saturated carbocycles. The molecule has 1 saturated heterocycles. The fourth-order valence-electron chi connectivity index (χ4n) is 2.51. The third-order valence-electron chi connectivity index (χ3n) is 3.62. The van der Waals surface area contributed by atoms with Crippen molar-refractivity contribution in [2.45, 2.75) is 18.9 Å². The summed E-state index contributed by atoms with van der Waals surface area (Å²) in [6, 6.07) is 9.52. The van der Waals surface area contributed by atoms with Crippen molar-refractivity contribution in [1.82, 2.24) is 15.1 Å². The Balaban J connectivity index is 1.97. The topological polar surface area (TPSA) is 46.9 Å². The molecule has 2 heterocycles. The zero-order valence-corrected chi connectivity index (χ0v) is 11.1. The molecule has 0 aliphatic carbocycles. The Bertz CT molecular complexity index is 645. The van der Waals surface area contributed by atoms with Crippen LogP contribution in [0.1, 0.15) is 18.9 Å². The van der Waals surface area contributed by atoms with E-state index in [9.17, 15) is 9.18 Å². The average molecular weight is 273 g/mol. The Labute approximate surface area is 116 Å². The van der Waals surface area contributed by atoms with Crippen molar-refractivity contribution in [1.29, 1.82) is 0 Å². The molecule has 0 atom stereocenters. The third-order valence-corrected chi connectivity index (χ3v) is 3.62. The fraction of sp³-hybridized carbons (Fsp3) is 0.333. The summed E-state index contributed by atoms with van der Waals surface area (Å²) < 4.78 is 14.5. The number of rotatable bonds is 2. The van der Waals surface area contributed by atoms with Crippen LogP contribution in [-0.2, 0) is 0 Å². The summed E-state index contributed by atoms with van der Waals surface area (Å²) in [5, 5.41) is 7.72. The lowest BCUT2D eigenvalue weighted by Gasteiger charge is -2.23. The largest absolute Gasteiger partial charge is 0.317 e. The van der Waals surface area contributed by atoms with Crippen LogP contribution in [0.2, 0.25) is 0 Å². The Morgan fingerprint density at radius 1 is 1.10 bits per heavy atom. The van der Waals surface area contributed by atoms with Gasteiger partial charge in [0.1, 0.15) is 5.82 Å². The van der Waals surface area contributed by atoms with E-state index in [0.717, 1.165) is 31.5 Å². The molecule has 1 aliphatic heterocycles. The summed E-state index contributed by atoms with van der Waals surface area (Å²) in [6.45, 7) is 1.80. The van der Waals surface area contributed by atoms with Gasteiger partial charge < -0.3 is 5.32 Å². The highest BCUT2D eigenvalue weighted by Gasteiger charge is 2.17. The molecule has 1 aliphatic rings. The molecule has 0 amide bonds. The fourth-order valence-corrected chi connectivity index (χ4v) is 2.51. The first-order chi connectivity index (χ1) is 9.74. The summed E-state index contributed by atoms with van der Waals surface area (Å²) >= 11 is 0. The van der Waals surface area contributed by atoms with E-state index in [2.05, 4.69) is 10.4 Å². The summed E-state index contributed by atoms with van der Waals surface area (Å²) in [4.78, 5) is 12.0. The predicted molar refractivity (Wildman–Crippen MR) is 75.0 cm³/mol. The zero-order chi connectivity index (χ0) is 13.9. The maximum atomic E-state index is 13.0. The van der Waals surface area contributed by atoms with Crippen molar-refractivity contribution >= 4 is 0 Å². The molecule has 0 spiro atoms. The lowest BCUT2D eigenvalue weighted by Crippen LogP contribution is -2.35. The van der Waals surface area contributed by atoms with Gasteiger partial charge in [-0.3, -0.25) is 4.79 Å². The maximum absolute atomic E-state index is 13.0. The van der Waals surface area contributed by atoms with Gasteiger partial charge in [0.05, 0.1) is 11.7 Å². The standard InChI is InChI=1S/C15H16FN3O/c16-12-3-1-11(2-4-12)14-5-6-15(20)19(18-14)13-7-9-17-10-8-13/h1-6,13,17H,7-10H2. The Morgan fingerprint density at radius 3 is 2.50 bits per heavy atom. The molecule has 104 valence electrons. The minimum absolute atomic E-state index is 0.0808. The molecule has 4 nitrogen and oxygen atoms in total. The monoisotopic (exact) mass is 273 g/mol. The minimum Gasteiger partial charge on any atom is -0.317 e. The highest BCUT2D eigenvalue weighted by Crippen LogP contribution is 2.19. The second-order valence-electron chi connectivity index (χ2n) is 4.99. The van der Waals surface area contributed by atoms with Gasteiger partial charge in [-0.25, -0.2) is 9.07 Å². The van der Waals surface area contributed by atoms with Gasteiger partial charge in [-0.05, 0) is 56.3 Å². The maximum Gasteiger partial charge on any atom is 0.267 e. The molecule has 1 fully saturated rings. The second-order valence-corrected chi connectivity index (χ2v) is 4.99. The van der Waals surface area contributed by atoms with Crippen molar-refractivity contribution < 1.29 is 4.39 Å². The number of halogens is 1. The van der Waals surface area contributed by atoms with Gasteiger partial charge in [0.15, 0.2) is 0 Å². The van der Waals surface area contributed by atoms with Crippen LogP contribution in [0.5, 0.6) is 0 Å². The van der Waals surface area contributed by atoms with Crippen LogP contribution in [0.4, 0.5) is 4.39 Å². The smallest absolute Gasteiger partial charge is 0.267 e. The molecule has 0 bridgehead atoms. The third kappa shape index (κ3) is 2.63. The van der Waals surface area contributed by atoms with Crippen LogP contribution in [0.15, 0.2) is 41.2 Å². The molecular formula is C15H16FN3O. The molecule has 2 aromatic rings. The number of aromatic nitrogens is 2. The van der Waals surface area contributed by atoms with E-state index >= 15 is 0 Å². The lowest BCUT2D eigenvalue weighted by molar-refractivity contribution is 0.332. The van der Waals surface area contributed by atoms with Crippen LogP contribution in [0.25, 0.3) is 11.3 Å². The van der Waals surface area contributed by atoms with Gasteiger partial charge >= 0.3 is 0 Å². The highest BCUT2D eigenvalue weighted by molar-refractivity contribution is 5.57. The van der Waals surface area contributed by atoms with Crippen molar-refractivity contribution in [2.75, 3.05) is 13.1 Å². The second kappa shape index (κ2) is 5.54. The molecule has 1 aromatic heterocycles. The molecule has 1 aromatic carbocycles. The first-order valence-electron chi connectivity index (χ1n) is 6.80. The summed E-state index contributed by atoms with van der Waals surface area (Å²) in [7, 11) is 0. The van der Waals surface area contributed by atoms with E-state index in [1.165, 1.54) is 18.2 Å². The van der Waals surface area contributed by atoms with Crippen molar-refractivity contribution in [2.24, 2.45) is 0 Å². The number of hydrogen-bond donors (Lipinski definition) is 1. The van der Waals surface area contributed by atoms with E-state index < -0.39 is 0 Å². The van der Waals surface area contributed by atoms with Gasteiger partial charge in [-0.2, -0.15) is 5.10 Å². The normalized spacial score (nSPS) is 16.2. The SMILES string of the molecule is O=c1ccc(-c2ccc(F)cc2)nn1C1CCNCC1. The zero-order valence-electron chi connectivity index (χ0n) is 11.1. The van der Waals surface area contributed by atoms with Gasteiger partial charge in [-0.15, -0.1) is 0 Å².